The molecule has 25 heavy (non-hydrogen) atoms. The summed E-state index contributed by atoms with van der Waals surface area (Å²) in [4.78, 5) is 31.8. The second-order valence-corrected chi connectivity index (χ2v) is 7.41. The van der Waals surface area contributed by atoms with Gasteiger partial charge in [0.05, 0.1) is 10.5 Å². The van der Waals surface area contributed by atoms with Gasteiger partial charge in [0.2, 0.25) is 0 Å². The van der Waals surface area contributed by atoms with E-state index in [0.29, 0.717) is 35.8 Å². The minimum atomic E-state index is -0.218. The average Bonchev–Trinajstić information content (AvgIpc) is 3.02. The Balaban J connectivity index is 1.67. The minimum absolute atomic E-state index is 0.0248. The first-order valence-electron chi connectivity index (χ1n) is 7.91. The van der Waals surface area contributed by atoms with Crippen molar-refractivity contribution in [3.63, 3.8) is 0 Å². The number of carbonyl (C=O) groups excluding carboxylic acids is 1. The SMILES string of the molecule is Cc1csc2c(=O)n3c(nc12)CCN(C(=O)c1nn(C)cc1Cl)CC3. The monoisotopic (exact) mass is 377 g/mol. The second kappa shape index (κ2) is 5.96. The molecule has 130 valence electrons. The fraction of sp³-hybridized carbons (Fsp3) is 0.375. The van der Waals surface area contributed by atoms with E-state index in [1.807, 2.05) is 12.3 Å². The average molecular weight is 378 g/mol. The fourth-order valence-corrected chi connectivity index (χ4v) is 4.30. The van der Waals surface area contributed by atoms with Crippen LogP contribution < -0.4 is 5.56 Å². The summed E-state index contributed by atoms with van der Waals surface area (Å²) in [7, 11) is 1.72. The van der Waals surface area contributed by atoms with E-state index in [1.54, 1.807) is 22.7 Å². The molecule has 0 saturated heterocycles. The lowest BCUT2D eigenvalue weighted by Crippen LogP contribution is -2.34. The molecule has 4 rings (SSSR count). The van der Waals surface area contributed by atoms with Crippen LogP contribution in [0.15, 0.2) is 16.4 Å². The zero-order chi connectivity index (χ0) is 17.7. The molecule has 1 aliphatic heterocycles. The molecule has 0 N–H and O–H groups in total. The highest BCUT2D eigenvalue weighted by Gasteiger charge is 2.25. The molecule has 0 atom stereocenters. The zero-order valence-corrected chi connectivity index (χ0v) is 15.4. The topological polar surface area (TPSA) is 73.0 Å². The predicted octanol–water partition coefficient (Wildman–Crippen LogP) is 1.85. The van der Waals surface area contributed by atoms with Gasteiger partial charge >= 0.3 is 0 Å². The summed E-state index contributed by atoms with van der Waals surface area (Å²) >= 11 is 7.51. The van der Waals surface area contributed by atoms with Gasteiger partial charge in [-0.05, 0) is 17.9 Å². The lowest BCUT2D eigenvalue weighted by atomic mass is 10.3. The van der Waals surface area contributed by atoms with Crippen LogP contribution in [0.2, 0.25) is 5.02 Å². The van der Waals surface area contributed by atoms with E-state index in [9.17, 15) is 9.59 Å². The lowest BCUT2D eigenvalue weighted by Gasteiger charge is -2.18. The lowest BCUT2D eigenvalue weighted by molar-refractivity contribution is 0.0752. The third-order valence-electron chi connectivity index (χ3n) is 4.41. The van der Waals surface area contributed by atoms with Gasteiger partial charge in [-0.3, -0.25) is 18.8 Å². The van der Waals surface area contributed by atoms with Crippen LogP contribution in [-0.2, 0) is 20.0 Å². The standard InChI is InChI=1S/C16H16ClN5O2S/c1-9-8-25-14-12(9)18-11-3-4-21(5-6-22(11)16(14)24)15(23)13-10(17)7-20(2)19-13/h7-8H,3-6H2,1-2H3. The number of hydrogen-bond acceptors (Lipinski definition) is 5. The van der Waals surface area contributed by atoms with Crippen molar-refractivity contribution in [1.82, 2.24) is 24.2 Å². The highest BCUT2D eigenvalue weighted by atomic mass is 35.5. The summed E-state index contributed by atoms with van der Waals surface area (Å²) in [6.07, 6.45) is 2.13. The van der Waals surface area contributed by atoms with Crippen molar-refractivity contribution in [1.29, 1.82) is 0 Å². The molecular weight excluding hydrogens is 362 g/mol. The number of amides is 1. The molecule has 0 fully saturated rings. The molecule has 3 aromatic rings. The largest absolute Gasteiger partial charge is 0.335 e. The maximum Gasteiger partial charge on any atom is 0.275 e. The molecule has 0 aliphatic carbocycles. The van der Waals surface area contributed by atoms with Gasteiger partial charge in [0.1, 0.15) is 10.5 Å². The molecule has 1 amide bonds. The maximum absolute atomic E-state index is 12.7. The number of thiophene rings is 1. The Morgan fingerprint density at radius 1 is 1.32 bits per heavy atom. The molecule has 0 bridgehead atoms. The number of rotatable bonds is 1. The Morgan fingerprint density at radius 3 is 2.84 bits per heavy atom. The minimum Gasteiger partial charge on any atom is -0.335 e. The van der Waals surface area contributed by atoms with Crippen LogP contribution in [0.4, 0.5) is 0 Å². The molecule has 0 spiro atoms. The van der Waals surface area contributed by atoms with E-state index < -0.39 is 0 Å². The van der Waals surface area contributed by atoms with E-state index in [1.165, 1.54) is 16.0 Å². The predicted molar refractivity (Wildman–Crippen MR) is 96.4 cm³/mol. The van der Waals surface area contributed by atoms with Crippen molar-refractivity contribution in [2.24, 2.45) is 7.05 Å². The molecule has 3 aromatic heterocycles. The second-order valence-electron chi connectivity index (χ2n) is 6.12. The Labute approximate surface area is 152 Å². The van der Waals surface area contributed by atoms with Crippen LogP contribution >= 0.6 is 22.9 Å². The summed E-state index contributed by atoms with van der Waals surface area (Å²) in [6, 6.07) is 0. The van der Waals surface area contributed by atoms with E-state index in [0.717, 1.165) is 16.9 Å². The van der Waals surface area contributed by atoms with Crippen molar-refractivity contribution >= 4 is 39.1 Å². The van der Waals surface area contributed by atoms with E-state index in [2.05, 4.69) is 10.1 Å². The number of halogens is 1. The van der Waals surface area contributed by atoms with Crippen LogP contribution in [-0.4, -0.2) is 43.2 Å². The number of nitrogens with zero attached hydrogens (tertiary/aromatic N) is 5. The third kappa shape index (κ3) is 2.65. The van der Waals surface area contributed by atoms with Gasteiger partial charge in [0.25, 0.3) is 11.5 Å². The molecule has 0 aromatic carbocycles. The summed E-state index contributed by atoms with van der Waals surface area (Å²) in [6.45, 7) is 3.28. The first-order valence-corrected chi connectivity index (χ1v) is 9.17. The van der Waals surface area contributed by atoms with Crippen LogP contribution in [0, 0.1) is 6.92 Å². The van der Waals surface area contributed by atoms with E-state index >= 15 is 0 Å². The first-order chi connectivity index (χ1) is 12.0. The van der Waals surface area contributed by atoms with E-state index in [-0.39, 0.29) is 17.2 Å². The van der Waals surface area contributed by atoms with Gasteiger partial charge in [-0.15, -0.1) is 11.3 Å². The third-order valence-corrected chi connectivity index (χ3v) is 5.76. The van der Waals surface area contributed by atoms with Gasteiger partial charge in [-0.2, -0.15) is 5.10 Å². The highest BCUT2D eigenvalue weighted by molar-refractivity contribution is 7.17. The summed E-state index contributed by atoms with van der Waals surface area (Å²) in [5, 5.41) is 6.43. The molecule has 9 heteroatoms. The van der Waals surface area contributed by atoms with Crippen molar-refractivity contribution in [3.05, 3.63) is 44.0 Å². The number of aromatic nitrogens is 4. The molecule has 0 unspecified atom stereocenters. The molecule has 0 saturated carbocycles. The van der Waals surface area contributed by atoms with Crippen molar-refractivity contribution in [2.45, 2.75) is 19.9 Å². The number of hydrogen-bond donors (Lipinski definition) is 0. The first kappa shape index (κ1) is 16.3. The quantitative estimate of drug-likeness (QED) is 0.648. The zero-order valence-electron chi connectivity index (χ0n) is 13.8. The molecule has 4 heterocycles. The fourth-order valence-electron chi connectivity index (χ4n) is 3.10. The Hall–Kier alpha value is -2.19. The van der Waals surface area contributed by atoms with Crippen LogP contribution in [0.3, 0.4) is 0 Å². The number of aryl methyl sites for hydroxylation is 2. The Morgan fingerprint density at radius 2 is 2.12 bits per heavy atom. The Bertz CT molecular complexity index is 1050. The van der Waals surface area contributed by atoms with Crippen LogP contribution in [0.1, 0.15) is 21.9 Å². The van der Waals surface area contributed by atoms with Crippen LogP contribution in [0.25, 0.3) is 10.2 Å². The van der Waals surface area contributed by atoms with Gasteiger partial charge in [0, 0.05) is 39.3 Å². The number of fused-ring (bicyclic) bond motifs is 2. The normalized spacial score (nSPS) is 14.6. The summed E-state index contributed by atoms with van der Waals surface area (Å²) in [5.74, 6) is 0.505. The molecule has 7 nitrogen and oxygen atoms in total. The van der Waals surface area contributed by atoms with Crippen molar-refractivity contribution in [2.75, 3.05) is 13.1 Å². The molecule has 1 aliphatic rings. The van der Waals surface area contributed by atoms with Crippen molar-refractivity contribution < 1.29 is 4.79 Å². The number of carbonyl (C=O) groups is 1. The summed E-state index contributed by atoms with van der Waals surface area (Å²) in [5.41, 5.74) is 2.00. The van der Waals surface area contributed by atoms with Crippen LogP contribution in [0.5, 0.6) is 0 Å². The molecule has 0 radical (unpaired) electrons. The van der Waals surface area contributed by atoms with Gasteiger partial charge in [-0.1, -0.05) is 11.6 Å². The van der Waals surface area contributed by atoms with Gasteiger partial charge in [0.15, 0.2) is 5.69 Å². The van der Waals surface area contributed by atoms with E-state index in [4.69, 9.17) is 11.6 Å². The molecular formula is C16H16ClN5O2S. The van der Waals surface area contributed by atoms with Gasteiger partial charge in [-0.25, -0.2) is 4.98 Å². The van der Waals surface area contributed by atoms with Gasteiger partial charge < -0.3 is 4.90 Å². The highest BCUT2D eigenvalue weighted by Crippen LogP contribution is 2.22. The Kier molecular flexibility index (Phi) is 3.88. The maximum atomic E-state index is 12.7. The smallest absolute Gasteiger partial charge is 0.275 e. The summed E-state index contributed by atoms with van der Waals surface area (Å²) < 4.78 is 3.88. The van der Waals surface area contributed by atoms with Crippen molar-refractivity contribution in [3.8, 4) is 0 Å².